The topological polar surface area (TPSA) is 87.8 Å². The quantitative estimate of drug-likeness (QED) is 0.508. The Labute approximate surface area is 166 Å². The van der Waals surface area contributed by atoms with Crippen molar-refractivity contribution in [3.05, 3.63) is 35.3 Å². The summed E-state index contributed by atoms with van der Waals surface area (Å²) in [5, 5.41) is 6.09. The fraction of sp³-hybridized carbons (Fsp3) is 0.353. The van der Waals surface area contributed by atoms with Gasteiger partial charge in [-0.05, 0) is 36.5 Å². The molecule has 0 aliphatic carbocycles. The average Bonchev–Trinajstić information content (AvgIpc) is 3.16. The highest BCUT2D eigenvalue weighted by atomic mass is 32.1. The molecule has 0 saturated carbocycles. The third-order valence-electron chi connectivity index (χ3n) is 3.83. The van der Waals surface area contributed by atoms with Crippen molar-refractivity contribution in [2.45, 2.75) is 6.42 Å². The molecule has 8 nitrogen and oxygen atoms in total. The monoisotopic (exact) mass is 407 g/mol. The van der Waals surface area contributed by atoms with Crippen LogP contribution in [-0.4, -0.2) is 49.4 Å². The van der Waals surface area contributed by atoms with Crippen LogP contribution in [0.3, 0.4) is 0 Å². The molecule has 1 aromatic carbocycles. The molecule has 0 atom stereocenters. The third kappa shape index (κ3) is 5.78. The molecule has 1 fully saturated rings. The van der Waals surface area contributed by atoms with Gasteiger partial charge in [0.15, 0.2) is 10.2 Å². The zero-order chi connectivity index (χ0) is 19.1. The summed E-state index contributed by atoms with van der Waals surface area (Å²) in [5.41, 5.74) is 6.78. The van der Waals surface area contributed by atoms with Gasteiger partial charge in [-0.3, -0.25) is 15.6 Å². The number of morpholine rings is 1. The molecule has 1 aromatic heterocycles. The van der Waals surface area contributed by atoms with Gasteiger partial charge >= 0.3 is 0 Å². The van der Waals surface area contributed by atoms with Crippen LogP contribution in [0.15, 0.2) is 29.6 Å². The summed E-state index contributed by atoms with van der Waals surface area (Å²) in [6, 6.07) is 7.30. The van der Waals surface area contributed by atoms with Crippen LogP contribution < -0.4 is 25.8 Å². The minimum absolute atomic E-state index is 0.180. The minimum Gasteiger partial charge on any atom is -0.497 e. The predicted octanol–water partition coefficient (Wildman–Crippen LogP) is 1.55. The molecule has 1 saturated heterocycles. The lowest BCUT2D eigenvalue weighted by Gasteiger charge is -2.26. The number of thiocarbonyl (C=S) groups is 1. The van der Waals surface area contributed by atoms with Crippen molar-refractivity contribution in [1.82, 2.24) is 15.8 Å². The normalized spacial score (nSPS) is 13.7. The molecule has 144 valence electrons. The molecule has 1 amide bonds. The van der Waals surface area contributed by atoms with E-state index in [4.69, 9.17) is 21.7 Å². The smallest absolute Gasteiger partial charge is 0.244 e. The number of hydrogen-bond donors (Lipinski definition) is 3. The number of methoxy groups -OCH3 is 1. The zero-order valence-corrected chi connectivity index (χ0v) is 16.5. The lowest BCUT2D eigenvalue weighted by Crippen LogP contribution is -2.44. The van der Waals surface area contributed by atoms with Crippen molar-refractivity contribution in [2.75, 3.05) is 43.6 Å². The average molecular weight is 408 g/mol. The first-order valence-corrected chi connectivity index (χ1v) is 9.70. The second-order valence-corrected chi connectivity index (χ2v) is 7.00. The van der Waals surface area contributed by atoms with Crippen LogP contribution in [0.5, 0.6) is 5.75 Å². The van der Waals surface area contributed by atoms with Crippen molar-refractivity contribution < 1.29 is 14.3 Å². The fourth-order valence-corrected chi connectivity index (χ4v) is 3.50. The van der Waals surface area contributed by atoms with E-state index in [9.17, 15) is 4.79 Å². The number of amides is 1. The van der Waals surface area contributed by atoms with Gasteiger partial charge in [0.2, 0.25) is 5.91 Å². The van der Waals surface area contributed by atoms with Gasteiger partial charge in [0, 0.05) is 24.2 Å². The van der Waals surface area contributed by atoms with E-state index in [1.807, 2.05) is 29.6 Å². The molecule has 0 unspecified atom stereocenters. The maximum atomic E-state index is 12.1. The number of ether oxygens (including phenoxy) is 2. The largest absolute Gasteiger partial charge is 0.497 e. The van der Waals surface area contributed by atoms with Crippen LogP contribution in [0.1, 0.15) is 5.69 Å². The Bertz CT molecular complexity index is 775. The van der Waals surface area contributed by atoms with E-state index in [1.54, 1.807) is 7.11 Å². The van der Waals surface area contributed by atoms with Crippen molar-refractivity contribution in [3.63, 3.8) is 0 Å². The molecule has 27 heavy (non-hydrogen) atoms. The second kappa shape index (κ2) is 9.49. The summed E-state index contributed by atoms with van der Waals surface area (Å²) in [5.74, 6) is 0.542. The maximum absolute atomic E-state index is 12.1. The van der Waals surface area contributed by atoms with Crippen LogP contribution >= 0.6 is 23.6 Å². The number of carbonyl (C=O) groups is 1. The lowest BCUT2D eigenvalue weighted by atomic mass is 10.3. The van der Waals surface area contributed by atoms with Crippen LogP contribution in [0.4, 0.5) is 10.8 Å². The minimum atomic E-state index is -0.215. The SMILES string of the molecule is COc1ccc(NC(=S)NNC(=O)Cc2csc(N3CCOCC3)n2)cc1. The van der Waals surface area contributed by atoms with E-state index < -0.39 is 0 Å². The van der Waals surface area contributed by atoms with E-state index in [0.29, 0.717) is 18.3 Å². The van der Waals surface area contributed by atoms with E-state index in [0.717, 1.165) is 35.4 Å². The molecule has 3 N–H and O–H groups in total. The maximum Gasteiger partial charge on any atom is 0.244 e. The molecule has 2 heterocycles. The molecule has 10 heteroatoms. The second-order valence-electron chi connectivity index (χ2n) is 5.75. The van der Waals surface area contributed by atoms with E-state index in [-0.39, 0.29) is 12.3 Å². The summed E-state index contributed by atoms with van der Waals surface area (Å²) in [4.78, 5) is 18.8. The molecule has 1 aliphatic rings. The van der Waals surface area contributed by atoms with E-state index >= 15 is 0 Å². The highest BCUT2D eigenvalue weighted by Crippen LogP contribution is 2.21. The number of aromatic nitrogens is 1. The number of nitrogens with zero attached hydrogens (tertiary/aromatic N) is 2. The van der Waals surface area contributed by atoms with Crippen molar-refractivity contribution in [3.8, 4) is 5.75 Å². The fourth-order valence-electron chi connectivity index (χ4n) is 2.45. The first-order valence-electron chi connectivity index (χ1n) is 8.41. The Morgan fingerprint density at radius 3 is 2.74 bits per heavy atom. The molecular formula is C17H21N5O3S2. The summed E-state index contributed by atoms with van der Waals surface area (Å²) < 4.78 is 10.4. The van der Waals surface area contributed by atoms with E-state index in [1.165, 1.54) is 11.3 Å². The van der Waals surface area contributed by atoms with Gasteiger partial charge in [-0.1, -0.05) is 0 Å². The Morgan fingerprint density at radius 1 is 1.30 bits per heavy atom. The van der Waals surface area contributed by atoms with Crippen LogP contribution in [-0.2, 0) is 16.0 Å². The van der Waals surface area contributed by atoms with Crippen molar-refractivity contribution in [1.29, 1.82) is 0 Å². The Balaban J connectivity index is 1.42. The highest BCUT2D eigenvalue weighted by Gasteiger charge is 2.15. The summed E-state index contributed by atoms with van der Waals surface area (Å²) in [7, 11) is 1.61. The Morgan fingerprint density at radius 2 is 2.04 bits per heavy atom. The number of anilines is 2. The molecule has 2 aromatic rings. The summed E-state index contributed by atoms with van der Waals surface area (Å²) >= 11 is 6.71. The van der Waals surface area contributed by atoms with Crippen molar-refractivity contribution >= 4 is 45.4 Å². The van der Waals surface area contributed by atoms with Gasteiger partial charge in [-0.25, -0.2) is 4.98 Å². The Hall–Kier alpha value is -2.43. The molecule has 1 aliphatic heterocycles. The highest BCUT2D eigenvalue weighted by molar-refractivity contribution is 7.80. The van der Waals surface area contributed by atoms with Gasteiger partial charge in [0.25, 0.3) is 0 Å². The number of hydrazine groups is 1. The predicted molar refractivity (Wildman–Crippen MR) is 109 cm³/mol. The molecule has 0 bridgehead atoms. The number of thiazole rings is 1. The van der Waals surface area contributed by atoms with Gasteiger partial charge < -0.3 is 19.7 Å². The summed E-state index contributed by atoms with van der Waals surface area (Å²) in [6.45, 7) is 3.06. The first-order chi connectivity index (χ1) is 13.1. The van der Waals surface area contributed by atoms with Gasteiger partial charge in [0.1, 0.15) is 5.75 Å². The first kappa shape index (κ1) is 19.3. The van der Waals surface area contributed by atoms with Crippen LogP contribution in [0.25, 0.3) is 0 Å². The molecule has 0 spiro atoms. The standard InChI is InChI=1S/C17H21N5O3S2/c1-24-14-4-2-12(3-5-14)18-16(26)21-20-15(23)10-13-11-27-17(19-13)22-6-8-25-9-7-22/h2-5,11H,6-10H2,1H3,(H,20,23)(H2,18,21,26). The van der Waals surface area contributed by atoms with E-state index in [2.05, 4.69) is 26.1 Å². The number of nitrogens with one attached hydrogen (secondary N) is 3. The number of carbonyl (C=O) groups excluding carboxylic acids is 1. The van der Waals surface area contributed by atoms with Gasteiger partial charge in [0.05, 0.1) is 32.4 Å². The number of benzene rings is 1. The Kier molecular flexibility index (Phi) is 6.80. The zero-order valence-electron chi connectivity index (χ0n) is 14.9. The lowest BCUT2D eigenvalue weighted by molar-refractivity contribution is -0.121. The number of hydrogen-bond acceptors (Lipinski definition) is 7. The van der Waals surface area contributed by atoms with Gasteiger partial charge in [-0.15, -0.1) is 11.3 Å². The molecule has 3 rings (SSSR count). The van der Waals surface area contributed by atoms with Crippen molar-refractivity contribution in [2.24, 2.45) is 0 Å². The third-order valence-corrected chi connectivity index (χ3v) is 4.98. The summed E-state index contributed by atoms with van der Waals surface area (Å²) in [6.07, 6.45) is 0.180. The van der Waals surface area contributed by atoms with Crippen LogP contribution in [0.2, 0.25) is 0 Å². The number of rotatable bonds is 5. The molecular weight excluding hydrogens is 386 g/mol. The van der Waals surface area contributed by atoms with Gasteiger partial charge in [-0.2, -0.15) is 0 Å². The van der Waals surface area contributed by atoms with Crippen LogP contribution in [0, 0.1) is 0 Å². The molecule has 0 radical (unpaired) electrons.